The molecule has 1 amide bonds. The van der Waals surface area contributed by atoms with Gasteiger partial charge < -0.3 is 19.4 Å². The fourth-order valence-corrected chi connectivity index (χ4v) is 4.26. The number of rotatable bonds is 8. The number of ether oxygens (including phenoxy) is 1. The van der Waals surface area contributed by atoms with Crippen molar-refractivity contribution in [1.29, 1.82) is 0 Å². The summed E-state index contributed by atoms with van der Waals surface area (Å²) in [5, 5.41) is 2.86. The number of carbonyl (C=O) groups excluding carboxylic acids is 1. The normalized spacial score (nSPS) is 14.3. The molecule has 0 aliphatic carbocycles. The van der Waals surface area contributed by atoms with Gasteiger partial charge in [-0.3, -0.25) is 4.79 Å². The van der Waals surface area contributed by atoms with Crippen LogP contribution in [0.1, 0.15) is 21.7 Å². The summed E-state index contributed by atoms with van der Waals surface area (Å²) in [5.74, 6) is 1.08. The molecule has 1 saturated heterocycles. The molecule has 2 N–H and O–H groups in total. The van der Waals surface area contributed by atoms with Gasteiger partial charge in [0, 0.05) is 31.4 Å². The van der Waals surface area contributed by atoms with Gasteiger partial charge in [0.2, 0.25) is 10.0 Å². The Balaban J connectivity index is 1.34. The lowest BCUT2D eigenvalue weighted by atomic mass is 10.2. The van der Waals surface area contributed by atoms with E-state index in [9.17, 15) is 13.2 Å². The average molecular weight is 457 g/mol. The highest BCUT2D eigenvalue weighted by Crippen LogP contribution is 2.15. The van der Waals surface area contributed by atoms with Crippen LogP contribution in [0.3, 0.4) is 0 Å². The molecule has 0 atom stereocenters. The maximum atomic E-state index is 12.5. The molecule has 168 valence electrons. The smallest absolute Gasteiger partial charge is 0.251 e. The minimum Gasteiger partial charge on any atom is -0.468 e. The first-order chi connectivity index (χ1) is 15.5. The van der Waals surface area contributed by atoms with Crippen molar-refractivity contribution in [3.05, 3.63) is 77.9 Å². The van der Waals surface area contributed by atoms with Crippen LogP contribution >= 0.6 is 0 Å². The van der Waals surface area contributed by atoms with E-state index < -0.39 is 10.0 Å². The molecule has 1 fully saturated rings. The third kappa shape index (κ3) is 5.52. The maximum absolute atomic E-state index is 12.5. The van der Waals surface area contributed by atoms with E-state index in [1.807, 2.05) is 12.1 Å². The summed E-state index contributed by atoms with van der Waals surface area (Å²) >= 11 is 0. The standard InChI is InChI=1S/C22H24N4O5S/c27-22(24-15-17-7-8-23-21(14-17)26-9-12-30-13-10-26)18-3-5-20(6-4-18)32(28,29)25-16-19-2-1-11-31-19/h1-8,11,14,25H,9-10,12-13,15-16H2,(H,24,27). The molecule has 0 spiro atoms. The molecule has 0 saturated carbocycles. The molecule has 32 heavy (non-hydrogen) atoms. The lowest BCUT2D eigenvalue weighted by molar-refractivity contribution is 0.0951. The molecular formula is C22H24N4O5S. The summed E-state index contributed by atoms with van der Waals surface area (Å²) in [7, 11) is -3.71. The quantitative estimate of drug-likeness (QED) is 0.532. The zero-order valence-corrected chi connectivity index (χ0v) is 18.2. The number of pyridine rings is 1. The number of nitrogens with zero attached hydrogens (tertiary/aromatic N) is 2. The van der Waals surface area contributed by atoms with Gasteiger partial charge in [-0.2, -0.15) is 0 Å². The summed E-state index contributed by atoms with van der Waals surface area (Å²) in [5.41, 5.74) is 1.30. The number of aromatic nitrogens is 1. The number of morpholine rings is 1. The topological polar surface area (TPSA) is 114 Å². The molecule has 1 aliphatic heterocycles. The Bertz CT molecular complexity index is 1140. The number of amides is 1. The highest BCUT2D eigenvalue weighted by atomic mass is 32.2. The van der Waals surface area contributed by atoms with Gasteiger partial charge in [0.25, 0.3) is 5.91 Å². The molecule has 0 radical (unpaired) electrons. The third-order valence-electron chi connectivity index (χ3n) is 5.04. The van der Waals surface area contributed by atoms with Gasteiger partial charge in [-0.25, -0.2) is 18.1 Å². The second-order valence-electron chi connectivity index (χ2n) is 7.23. The molecule has 0 bridgehead atoms. The molecule has 2 aromatic heterocycles. The van der Waals surface area contributed by atoms with Gasteiger partial charge >= 0.3 is 0 Å². The number of furan rings is 1. The van der Waals surface area contributed by atoms with E-state index in [0.717, 1.165) is 24.5 Å². The lowest BCUT2D eigenvalue weighted by Crippen LogP contribution is -2.36. The molecule has 10 heteroatoms. The van der Waals surface area contributed by atoms with Crippen molar-refractivity contribution in [2.75, 3.05) is 31.2 Å². The van der Waals surface area contributed by atoms with Crippen LogP contribution in [0.15, 0.2) is 70.3 Å². The van der Waals surface area contributed by atoms with E-state index in [1.54, 1.807) is 18.3 Å². The number of hydrogen-bond acceptors (Lipinski definition) is 7. The van der Waals surface area contributed by atoms with Crippen molar-refractivity contribution in [2.24, 2.45) is 0 Å². The summed E-state index contributed by atoms with van der Waals surface area (Å²) in [6.07, 6.45) is 3.20. The highest BCUT2D eigenvalue weighted by molar-refractivity contribution is 7.89. The van der Waals surface area contributed by atoms with Crippen LogP contribution < -0.4 is 14.9 Å². The van der Waals surface area contributed by atoms with Gasteiger partial charge in [-0.15, -0.1) is 0 Å². The number of carbonyl (C=O) groups is 1. The number of nitrogens with one attached hydrogen (secondary N) is 2. The first kappa shape index (κ1) is 22.0. The fraction of sp³-hybridized carbons (Fsp3) is 0.273. The predicted molar refractivity (Wildman–Crippen MR) is 118 cm³/mol. The molecule has 9 nitrogen and oxygen atoms in total. The zero-order valence-electron chi connectivity index (χ0n) is 17.4. The van der Waals surface area contributed by atoms with Crippen molar-refractivity contribution in [3.8, 4) is 0 Å². The second kappa shape index (κ2) is 9.94. The number of hydrogen-bond donors (Lipinski definition) is 2. The summed E-state index contributed by atoms with van der Waals surface area (Å²) in [4.78, 5) is 19.1. The first-order valence-corrected chi connectivity index (χ1v) is 11.7. The molecule has 1 aliphatic rings. The number of sulfonamides is 1. The summed E-state index contributed by atoms with van der Waals surface area (Å²) in [6, 6.07) is 13.0. The molecular weight excluding hydrogens is 432 g/mol. The van der Waals surface area contributed by atoms with Crippen molar-refractivity contribution in [3.63, 3.8) is 0 Å². The fourth-order valence-electron chi connectivity index (χ4n) is 3.27. The van der Waals surface area contributed by atoms with Gasteiger partial charge in [-0.05, 0) is 54.1 Å². The zero-order chi connectivity index (χ0) is 22.4. The third-order valence-corrected chi connectivity index (χ3v) is 6.46. The van der Waals surface area contributed by atoms with Crippen molar-refractivity contribution in [1.82, 2.24) is 15.0 Å². The van der Waals surface area contributed by atoms with Gasteiger partial charge in [0.05, 0.1) is 30.9 Å². The molecule has 0 unspecified atom stereocenters. The van der Waals surface area contributed by atoms with E-state index in [1.165, 1.54) is 30.5 Å². The summed E-state index contributed by atoms with van der Waals surface area (Å²) < 4.78 is 37.8. The van der Waals surface area contributed by atoms with E-state index in [0.29, 0.717) is 31.1 Å². The largest absolute Gasteiger partial charge is 0.468 e. The van der Waals surface area contributed by atoms with Crippen LogP contribution in [0, 0.1) is 0 Å². The van der Waals surface area contributed by atoms with Crippen LogP contribution in [-0.4, -0.2) is 45.6 Å². The SMILES string of the molecule is O=C(NCc1ccnc(N2CCOCC2)c1)c1ccc(S(=O)(=O)NCc2ccco2)cc1. The Morgan fingerprint density at radius 3 is 2.56 bits per heavy atom. The van der Waals surface area contributed by atoms with Crippen molar-refractivity contribution < 1.29 is 22.4 Å². The van der Waals surface area contributed by atoms with Crippen LogP contribution in [0.25, 0.3) is 0 Å². The van der Waals surface area contributed by atoms with Gasteiger partial charge in [0.1, 0.15) is 11.6 Å². The van der Waals surface area contributed by atoms with Crippen LogP contribution in [0.4, 0.5) is 5.82 Å². The monoisotopic (exact) mass is 456 g/mol. The Morgan fingerprint density at radius 2 is 1.84 bits per heavy atom. The predicted octanol–water partition coefficient (Wildman–Crippen LogP) is 1.92. The average Bonchev–Trinajstić information content (AvgIpc) is 3.36. The molecule has 1 aromatic carbocycles. The highest BCUT2D eigenvalue weighted by Gasteiger charge is 2.16. The summed E-state index contributed by atoms with van der Waals surface area (Å²) in [6.45, 7) is 3.31. The number of anilines is 1. The Kier molecular flexibility index (Phi) is 6.84. The minimum atomic E-state index is -3.71. The first-order valence-electron chi connectivity index (χ1n) is 10.2. The van der Waals surface area contributed by atoms with Gasteiger partial charge in [-0.1, -0.05) is 0 Å². The Hall–Kier alpha value is -3.21. The van der Waals surface area contributed by atoms with E-state index in [-0.39, 0.29) is 17.3 Å². The van der Waals surface area contributed by atoms with Crippen LogP contribution in [-0.2, 0) is 27.8 Å². The minimum absolute atomic E-state index is 0.0515. The Labute approximate surface area is 186 Å². The van der Waals surface area contributed by atoms with E-state index in [4.69, 9.17) is 9.15 Å². The Morgan fingerprint density at radius 1 is 1.06 bits per heavy atom. The van der Waals surface area contributed by atoms with Crippen molar-refractivity contribution >= 4 is 21.7 Å². The van der Waals surface area contributed by atoms with E-state index in [2.05, 4.69) is 19.9 Å². The lowest BCUT2D eigenvalue weighted by Gasteiger charge is -2.28. The molecule has 3 heterocycles. The van der Waals surface area contributed by atoms with Crippen molar-refractivity contribution in [2.45, 2.75) is 18.0 Å². The van der Waals surface area contributed by atoms with Crippen LogP contribution in [0.5, 0.6) is 0 Å². The number of benzene rings is 1. The van der Waals surface area contributed by atoms with Crippen LogP contribution in [0.2, 0.25) is 0 Å². The van der Waals surface area contributed by atoms with E-state index >= 15 is 0 Å². The maximum Gasteiger partial charge on any atom is 0.251 e. The van der Waals surface area contributed by atoms with Gasteiger partial charge in [0.15, 0.2) is 0 Å². The second-order valence-corrected chi connectivity index (χ2v) is 9.00. The molecule has 3 aromatic rings. The molecule has 4 rings (SSSR count).